The Kier molecular flexibility index (Phi) is 7.01. The van der Waals surface area contributed by atoms with Crippen LogP contribution in [-0.2, 0) is 6.61 Å². The van der Waals surface area contributed by atoms with Crippen molar-refractivity contribution in [3.8, 4) is 22.1 Å². The second kappa shape index (κ2) is 10.3. The molecular weight excluding hydrogens is 475 g/mol. The maximum Gasteiger partial charge on any atom is 0.296 e. The summed E-state index contributed by atoms with van der Waals surface area (Å²) < 4.78 is 25.6. The van der Waals surface area contributed by atoms with E-state index in [9.17, 15) is 14.0 Å². The van der Waals surface area contributed by atoms with Crippen molar-refractivity contribution in [1.82, 2.24) is 25.1 Å². The molecular formula is C23H19FN6O4S. The molecule has 1 N–H and O–H groups in total. The molecule has 35 heavy (non-hydrogen) atoms. The van der Waals surface area contributed by atoms with Crippen LogP contribution >= 0.6 is 11.3 Å². The molecule has 1 amide bonds. The van der Waals surface area contributed by atoms with Crippen LogP contribution in [0, 0.1) is 12.7 Å². The number of rotatable bonds is 8. The quantitative estimate of drug-likeness (QED) is 0.363. The number of anilines is 1. The SMILES string of the molecule is COc1cccc(F)c1-c1cc(C)ncc1C(=O)Nc1nnc(OCc2cnc(C(C)=O)cn2)s1. The molecule has 3 aromatic heterocycles. The van der Waals surface area contributed by atoms with Crippen molar-refractivity contribution in [2.75, 3.05) is 12.4 Å². The Morgan fingerprint density at radius 1 is 1.11 bits per heavy atom. The van der Waals surface area contributed by atoms with Gasteiger partial charge in [0.15, 0.2) is 5.78 Å². The summed E-state index contributed by atoms with van der Waals surface area (Å²) in [5.74, 6) is -0.980. The highest BCUT2D eigenvalue weighted by atomic mass is 32.1. The molecule has 0 aliphatic heterocycles. The monoisotopic (exact) mass is 494 g/mol. The second-order valence-corrected chi connectivity index (χ2v) is 8.19. The van der Waals surface area contributed by atoms with E-state index in [-0.39, 0.29) is 45.3 Å². The van der Waals surface area contributed by atoms with Crippen molar-refractivity contribution in [3.63, 3.8) is 0 Å². The molecule has 0 bridgehead atoms. The number of ketones is 1. The Hall–Kier alpha value is -4.32. The maximum absolute atomic E-state index is 14.7. The van der Waals surface area contributed by atoms with E-state index in [1.807, 2.05) is 0 Å². The van der Waals surface area contributed by atoms with E-state index in [2.05, 4.69) is 30.5 Å². The van der Waals surface area contributed by atoms with E-state index in [1.165, 1.54) is 44.8 Å². The molecule has 0 radical (unpaired) electrons. The summed E-state index contributed by atoms with van der Waals surface area (Å²) >= 11 is 1.00. The minimum Gasteiger partial charge on any atom is -0.496 e. The Morgan fingerprint density at radius 3 is 2.66 bits per heavy atom. The number of ether oxygens (including phenoxy) is 2. The molecule has 0 atom stereocenters. The van der Waals surface area contributed by atoms with Gasteiger partial charge >= 0.3 is 0 Å². The highest BCUT2D eigenvalue weighted by Crippen LogP contribution is 2.35. The summed E-state index contributed by atoms with van der Waals surface area (Å²) in [6.07, 6.45) is 4.17. The molecule has 1 aromatic carbocycles. The molecule has 178 valence electrons. The van der Waals surface area contributed by atoms with Gasteiger partial charge < -0.3 is 9.47 Å². The molecule has 4 aromatic rings. The van der Waals surface area contributed by atoms with Crippen molar-refractivity contribution in [1.29, 1.82) is 0 Å². The number of methoxy groups -OCH3 is 1. The van der Waals surface area contributed by atoms with Crippen LogP contribution < -0.4 is 14.8 Å². The van der Waals surface area contributed by atoms with E-state index in [1.54, 1.807) is 19.1 Å². The number of hydrogen-bond donors (Lipinski definition) is 1. The lowest BCUT2D eigenvalue weighted by Crippen LogP contribution is -2.14. The minimum atomic E-state index is -0.550. The van der Waals surface area contributed by atoms with Crippen LogP contribution in [-0.4, -0.2) is 43.9 Å². The zero-order chi connectivity index (χ0) is 24.9. The average molecular weight is 495 g/mol. The summed E-state index contributed by atoms with van der Waals surface area (Å²) in [4.78, 5) is 36.6. The first-order valence-electron chi connectivity index (χ1n) is 10.2. The summed E-state index contributed by atoms with van der Waals surface area (Å²) in [6.45, 7) is 3.19. The van der Waals surface area contributed by atoms with Crippen molar-refractivity contribution in [3.05, 3.63) is 71.3 Å². The van der Waals surface area contributed by atoms with Gasteiger partial charge in [-0.05, 0) is 36.5 Å². The first-order valence-corrected chi connectivity index (χ1v) is 11.1. The molecule has 0 saturated carbocycles. The Morgan fingerprint density at radius 2 is 1.94 bits per heavy atom. The van der Waals surface area contributed by atoms with Crippen LogP contribution in [0.4, 0.5) is 9.52 Å². The number of halogens is 1. The predicted molar refractivity (Wildman–Crippen MR) is 125 cm³/mol. The lowest BCUT2D eigenvalue weighted by Gasteiger charge is -2.14. The lowest BCUT2D eigenvalue weighted by atomic mass is 9.98. The summed E-state index contributed by atoms with van der Waals surface area (Å²) in [5.41, 5.74) is 1.98. The van der Waals surface area contributed by atoms with Crippen LogP contribution in [0.3, 0.4) is 0 Å². The molecule has 12 heteroatoms. The van der Waals surface area contributed by atoms with Gasteiger partial charge in [0, 0.05) is 24.4 Å². The van der Waals surface area contributed by atoms with Gasteiger partial charge in [-0.25, -0.2) is 9.37 Å². The van der Waals surface area contributed by atoms with E-state index >= 15 is 0 Å². The smallest absolute Gasteiger partial charge is 0.296 e. The standard InChI is InChI=1S/C23H19FN6O4S/c1-12-7-15(20-17(24)5-4-6-19(20)33-3)16(9-25-12)21(32)28-22-29-30-23(35-22)34-11-14-8-27-18(10-26-14)13(2)31/h4-10H,11H2,1-3H3,(H,28,29,32). The highest BCUT2D eigenvalue weighted by molar-refractivity contribution is 7.17. The van der Waals surface area contributed by atoms with Crippen molar-refractivity contribution < 1.29 is 23.5 Å². The lowest BCUT2D eigenvalue weighted by molar-refractivity contribution is 0.100. The number of Topliss-reactive ketones (excluding diaryl/α,β-unsaturated/α-hetero) is 1. The normalized spacial score (nSPS) is 10.6. The summed E-state index contributed by atoms with van der Waals surface area (Å²) in [5, 5.41) is 10.8. The fraction of sp³-hybridized carbons (Fsp3) is 0.174. The number of carbonyl (C=O) groups excluding carboxylic acids is 2. The van der Waals surface area contributed by atoms with Crippen LogP contribution in [0.5, 0.6) is 10.9 Å². The number of nitrogens with zero attached hydrogens (tertiary/aromatic N) is 5. The number of nitrogens with one attached hydrogen (secondary N) is 1. The number of benzene rings is 1. The third-order valence-electron chi connectivity index (χ3n) is 4.79. The highest BCUT2D eigenvalue weighted by Gasteiger charge is 2.21. The molecule has 0 spiro atoms. The number of carbonyl (C=O) groups is 2. The zero-order valence-electron chi connectivity index (χ0n) is 18.9. The largest absolute Gasteiger partial charge is 0.496 e. The van der Waals surface area contributed by atoms with Gasteiger partial charge in [-0.2, -0.15) is 0 Å². The summed E-state index contributed by atoms with van der Waals surface area (Å²) in [6, 6.07) is 6.05. The molecule has 4 rings (SSSR count). The van der Waals surface area contributed by atoms with Gasteiger partial charge in [0.05, 0.1) is 36.3 Å². The van der Waals surface area contributed by atoms with Crippen LogP contribution in [0.25, 0.3) is 11.1 Å². The number of pyridine rings is 1. The van der Waals surface area contributed by atoms with Gasteiger partial charge in [-0.1, -0.05) is 11.2 Å². The molecule has 0 unspecified atom stereocenters. The molecule has 0 saturated heterocycles. The summed E-state index contributed by atoms with van der Waals surface area (Å²) in [7, 11) is 1.43. The number of aromatic nitrogens is 5. The Bertz CT molecular complexity index is 1390. The third kappa shape index (κ3) is 5.44. The van der Waals surface area contributed by atoms with E-state index in [0.717, 1.165) is 11.3 Å². The van der Waals surface area contributed by atoms with Gasteiger partial charge in [-0.3, -0.25) is 24.9 Å². The second-order valence-electron chi connectivity index (χ2n) is 7.25. The first kappa shape index (κ1) is 23.8. The van der Waals surface area contributed by atoms with E-state index in [4.69, 9.17) is 9.47 Å². The van der Waals surface area contributed by atoms with Crippen LogP contribution in [0.15, 0.2) is 42.9 Å². The molecule has 0 aliphatic carbocycles. The van der Waals surface area contributed by atoms with Gasteiger partial charge in [0.25, 0.3) is 11.1 Å². The topological polar surface area (TPSA) is 129 Å². The molecule has 0 aliphatic rings. The molecule has 0 fully saturated rings. The van der Waals surface area contributed by atoms with Gasteiger partial charge in [0.2, 0.25) is 5.13 Å². The van der Waals surface area contributed by atoms with Gasteiger partial charge in [-0.15, -0.1) is 5.10 Å². The van der Waals surface area contributed by atoms with E-state index in [0.29, 0.717) is 17.0 Å². The zero-order valence-corrected chi connectivity index (χ0v) is 19.7. The molecule has 3 heterocycles. The fourth-order valence-electron chi connectivity index (χ4n) is 3.11. The Balaban J connectivity index is 1.50. The first-order chi connectivity index (χ1) is 16.9. The van der Waals surface area contributed by atoms with E-state index < -0.39 is 11.7 Å². The number of amides is 1. The Labute approximate surface area is 203 Å². The average Bonchev–Trinajstić information content (AvgIpc) is 3.29. The number of aryl methyl sites for hydroxylation is 1. The van der Waals surface area contributed by atoms with Crippen molar-refractivity contribution in [2.24, 2.45) is 0 Å². The molecule has 10 nitrogen and oxygen atoms in total. The van der Waals surface area contributed by atoms with Gasteiger partial charge in [0.1, 0.15) is 23.9 Å². The predicted octanol–water partition coefficient (Wildman–Crippen LogP) is 3.88. The van der Waals surface area contributed by atoms with Crippen molar-refractivity contribution >= 4 is 28.2 Å². The van der Waals surface area contributed by atoms with Crippen LogP contribution in [0.1, 0.15) is 39.2 Å². The number of hydrogen-bond acceptors (Lipinski definition) is 10. The third-order valence-corrected chi connectivity index (χ3v) is 5.54. The minimum absolute atomic E-state index is 0.0485. The fourth-order valence-corrected chi connectivity index (χ4v) is 3.70. The maximum atomic E-state index is 14.7. The van der Waals surface area contributed by atoms with Crippen molar-refractivity contribution in [2.45, 2.75) is 20.5 Å². The van der Waals surface area contributed by atoms with Crippen LogP contribution in [0.2, 0.25) is 0 Å².